The van der Waals surface area contributed by atoms with Crippen LogP contribution in [-0.2, 0) is 4.79 Å². The standard InChI is InChI=1S/C37H55N7O2Si/c1-25(2)47(26(3)4,27(5)6)22-19-29-23-35(46)44(33-17-13-30(14-18-33)39-28(7)45)36-34(29)24-38-37(41-36)40-31-11-15-32(16-12-31)43(10)21-20-42(8)9/h11-12,15-16,23-27,30,33H,13-14,17-18,20-21H2,1-10H3,(H,39,45)(H,38,40,41). The molecule has 1 aliphatic carbocycles. The van der Waals surface area contributed by atoms with Crippen molar-refractivity contribution in [3.63, 3.8) is 0 Å². The van der Waals surface area contributed by atoms with Gasteiger partial charge in [0.2, 0.25) is 11.9 Å². The number of hydrogen-bond donors (Lipinski definition) is 2. The second kappa shape index (κ2) is 15.5. The van der Waals surface area contributed by atoms with Crippen LogP contribution in [0.2, 0.25) is 16.6 Å². The molecule has 4 rings (SSSR count). The Kier molecular flexibility index (Phi) is 11.9. The SMILES string of the molecule is CC(=O)NC1CCC(n2c(=O)cc(C#C[Si](C(C)C)(C(C)C)C(C)C)c3cnc(Nc4ccc(N(C)CCN(C)C)cc4)nc32)CC1. The van der Waals surface area contributed by atoms with Crippen molar-refractivity contribution in [2.45, 2.75) is 103 Å². The van der Waals surface area contributed by atoms with E-state index in [-0.39, 0.29) is 23.6 Å². The fourth-order valence-corrected chi connectivity index (χ4v) is 12.6. The van der Waals surface area contributed by atoms with E-state index in [4.69, 9.17) is 9.97 Å². The highest BCUT2D eigenvalue weighted by Gasteiger charge is 2.41. The van der Waals surface area contributed by atoms with Crippen LogP contribution in [0.15, 0.2) is 41.3 Å². The van der Waals surface area contributed by atoms with Gasteiger partial charge < -0.3 is 20.4 Å². The first kappa shape index (κ1) is 36.2. The normalized spacial score (nSPS) is 16.9. The van der Waals surface area contributed by atoms with Gasteiger partial charge in [-0.15, -0.1) is 5.54 Å². The first-order valence-corrected chi connectivity index (χ1v) is 19.4. The van der Waals surface area contributed by atoms with E-state index >= 15 is 0 Å². The van der Waals surface area contributed by atoms with Crippen LogP contribution in [0.5, 0.6) is 0 Å². The summed E-state index contributed by atoms with van der Waals surface area (Å²) >= 11 is 0. The third kappa shape index (κ3) is 8.43. The molecule has 254 valence electrons. The second-order valence-corrected chi connectivity index (χ2v) is 20.0. The lowest BCUT2D eigenvalue weighted by Gasteiger charge is -2.38. The molecule has 0 spiro atoms. The van der Waals surface area contributed by atoms with Crippen molar-refractivity contribution in [1.29, 1.82) is 0 Å². The van der Waals surface area contributed by atoms with Crippen LogP contribution in [0.4, 0.5) is 17.3 Å². The molecule has 0 unspecified atom stereocenters. The molecular formula is C37H55N7O2Si. The summed E-state index contributed by atoms with van der Waals surface area (Å²) in [6.07, 6.45) is 5.02. The summed E-state index contributed by atoms with van der Waals surface area (Å²) < 4.78 is 1.85. The summed E-state index contributed by atoms with van der Waals surface area (Å²) in [5, 5.41) is 7.22. The summed E-state index contributed by atoms with van der Waals surface area (Å²) in [5.74, 6) is 3.94. The molecule has 1 fully saturated rings. The minimum absolute atomic E-state index is 0.0143. The van der Waals surface area contributed by atoms with E-state index in [9.17, 15) is 9.59 Å². The lowest BCUT2D eigenvalue weighted by atomic mass is 9.90. The molecule has 2 heterocycles. The van der Waals surface area contributed by atoms with Gasteiger partial charge in [0.25, 0.3) is 5.56 Å². The minimum atomic E-state index is -2.03. The maximum atomic E-state index is 14.0. The van der Waals surface area contributed by atoms with Crippen LogP contribution in [0.25, 0.3) is 11.0 Å². The highest BCUT2D eigenvalue weighted by molar-refractivity contribution is 6.90. The lowest BCUT2D eigenvalue weighted by molar-refractivity contribution is -0.119. The molecule has 1 saturated carbocycles. The van der Waals surface area contributed by atoms with Gasteiger partial charge in [-0.2, -0.15) is 4.98 Å². The number of nitrogens with zero attached hydrogens (tertiary/aromatic N) is 5. The third-order valence-corrected chi connectivity index (χ3v) is 16.3. The van der Waals surface area contributed by atoms with Gasteiger partial charge in [0.15, 0.2) is 0 Å². The molecule has 1 aromatic carbocycles. The first-order chi connectivity index (χ1) is 22.2. The van der Waals surface area contributed by atoms with Crippen molar-refractivity contribution in [2.75, 3.05) is 44.4 Å². The molecule has 9 nitrogen and oxygen atoms in total. The number of anilines is 3. The zero-order chi connectivity index (χ0) is 34.5. The van der Waals surface area contributed by atoms with Gasteiger partial charge in [-0.1, -0.05) is 47.5 Å². The predicted molar refractivity (Wildman–Crippen MR) is 198 cm³/mol. The van der Waals surface area contributed by atoms with Crippen molar-refractivity contribution >= 4 is 42.3 Å². The number of carbonyl (C=O) groups is 1. The summed E-state index contributed by atoms with van der Waals surface area (Å²) in [5.41, 5.74) is 8.45. The number of nitrogens with one attached hydrogen (secondary N) is 2. The van der Waals surface area contributed by atoms with Crippen molar-refractivity contribution in [3.05, 3.63) is 52.4 Å². The number of amides is 1. The Labute approximate surface area is 282 Å². The summed E-state index contributed by atoms with van der Waals surface area (Å²) in [6.45, 7) is 17.2. The van der Waals surface area contributed by atoms with Crippen LogP contribution >= 0.6 is 0 Å². The molecule has 47 heavy (non-hydrogen) atoms. The molecule has 0 atom stereocenters. The molecule has 0 aliphatic heterocycles. The molecule has 10 heteroatoms. The maximum Gasteiger partial charge on any atom is 0.253 e. The number of hydrogen-bond acceptors (Lipinski definition) is 7. The smallest absolute Gasteiger partial charge is 0.253 e. The minimum Gasteiger partial charge on any atom is -0.373 e. The van der Waals surface area contributed by atoms with Gasteiger partial charge in [-0.3, -0.25) is 14.2 Å². The van der Waals surface area contributed by atoms with Gasteiger partial charge in [-0.25, -0.2) is 4.98 Å². The topological polar surface area (TPSA) is 95.4 Å². The molecule has 1 amide bonds. The maximum absolute atomic E-state index is 14.0. The Morgan fingerprint density at radius 3 is 2.15 bits per heavy atom. The zero-order valence-electron chi connectivity index (χ0n) is 30.1. The Morgan fingerprint density at radius 1 is 0.979 bits per heavy atom. The molecule has 0 saturated heterocycles. The van der Waals surface area contributed by atoms with Crippen LogP contribution in [0.3, 0.4) is 0 Å². The fraction of sp³-hybridized carbons (Fsp3) is 0.568. The van der Waals surface area contributed by atoms with Gasteiger partial charge >= 0.3 is 0 Å². The number of fused-ring (bicyclic) bond motifs is 1. The second-order valence-electron chi connectivity index (χ2n) is 14.4. The molecule has 2 N–H and O–H groups in total. The van der Waals surface area contributed by atoms with E-state index in [0.717, 1.165) is 55.5 Å². The number of rotatable bonds is 11. The monoisotopic (exact) mass is 657 g/mol. The van der Waals surface area contributed by atoms with E-state index in [1.165, 1.54) is 0 Å². The zero-order valence-corrected chi connectivity index (χ0v) is 31.1. The molecule has 3 aromatic rings. The molecule has 0 radical (unpaired) electrons. The quantitative estimate of drug-likeness (QED) is 0.175. The Morgan fingerprint density at radius 2 is 1.60 bits per heavy atom. The van der Waals surface area contributed by atoms with Gasteiger partial charge in [-0.05, 0) is 80.7 Å². The average Bonchev–Trinajstić information content (AvgIpc) is 3.00. The van der Waals surface area contributed by atoms with E-state index in [1.807, 2.05) is 22.9 Å². The molecular weight excluding hydrogens is 603 g/mol. The first-order valence-electron chi connectivity index (χ1n) is 17.2. The number of pyridine rings is 1. The van der Waals surface area contributed by atoms with Crippen molar-refractivity contribution in [3.8, 4) is 11.5 Å². The highest BCUT2D eigenvalue weighted by Crippen LogP contribution is 2.41. The highest BCUT2D eigenvalue weighted by atomic mass is 28.3. The largest absolute Gasteiger partial charge is 0.373 e. The Hall–Kier alpha value is -3.68. The van der Waals surface area contributed by atoms with Crippen molar-refractivity contribution in [1.82, 2.24) is 24.8 Å². The molecule has 2 aromatic heterocycles. The molecule has 1 aliphatic rings. The van der Waals surface area contributed by atoms with Gasteiger partial charge in [0, 0.05) is 68.3 Å². The molecule has 0 bridgehead atoms. The van der Waals surface area contributed by atoms with Crippen LogP contribution < -0.4 is 21.1 Å². The Balaban J connectivity index is 1.75. The van der Waals surface area contributed by atoms with Gasteiger partial charge in [0.1, 0.15) is 13.7 Å². The average molecular weight is 658 g/mol. The van der Waals surface area contributed by atoms with E-state index in [0.29, 0.717) is 33.8 Å². The number of likely N-dealkylation sites (N-methyl/N-ethyl adjacent to an activating group) is 2. The summed E-state index contributed by atoms with van der Waals surface area (Å²) in [6, 6.07) is 10.0. The number of carbonyl (C=O) groups excluding carboxylic acids is 1. The van der Waals surface area contributed by atoms with Gasteiger partial charge in [0.05, 0.1) is 5.39 Å². The number of benzene rings is 1. The lowest BCUT2D eigenvalue weighted by Crippen LogP contribution is -2.43. The van der Waals surface area contributed by atoms with E-state index in [1.54, 1.807) is 13.0 Å². The van der Waals surface area contributed by atoms with Crippen LogP contribution in [0, 0.1) is 11.5 Å². The van der Waals surface area contributed by atoms with Crippen molar-refractivity contribution < 1.29 is 4.79 Å². The fourth-order valence-electron chi connectivity index (χ4n) is 7.42. The Bertz CT molecular complexity index is 1620. The van der Waals surface area contributed by atoms with Crippen LogP contribution in [0.1, 0.15) is 85.8 Å². The summed E-state index contributed by atoms with van der Waals surface area (Å²) in [4.78, 5) is 39.7. The van der Waals surface area contributed by atoms with Crippen molar-refractivity contribution in [2.24, 2.45) is 0 Å². The summed E-state index contributed by atoms with van der Waals surface area (Å²) in [7, 11) is 4.22. The third-order valence-electron chi connectivity index (χ3n) is 9.99. The number of aromatic nitrogens is 3. The predicted octanol–water partition coefficient (Wildman–Crippen LogP) is 6.72. The van der Waals surface area contributed by atoms with Crippen LogP contribution in [-0.4, -0.2) is 73.7 Å². The van der Waals surface area contributed by atoms with E-state index < -0.39 is 8.07 Å². The van der Waals surface area contributed by atoms with E-state index in [2.05, 4.69) is 107 Å².